The number of nitrogens with one attached hydrogen (secondary N) is 1. The molecule has 0 spiro atoms. The predicted molar refractivity (Wildman–Crippen MR) is 93.3 cm³/mol. The van der Waals surface area contributed by atoms with Crippen molar-refractivity contribution in [3.8, 4) is 11.8 Å². The third kappa shape index (κ3) is 3.57. The number of nitrogens with zero attached hydrogens (tertiary/aromatic N) is 2. The molecule has 1 aliphatic heterocycles. The van der Waals surface area contributed by atoms with Crippen molar-refractivity contribution >= 4 is 16.8 Å². The number of rotatable bonds is 2. The second kappa shape index (κ2) is 7.34. The third-order valence-electron chi connectivity index (χ3n) is 4.30. The zero-order chi connectivity index (χ0) is 16.1. The summed E-state index contributed by atoms with van der Waals surface area (Å²) in [6, 6.07) is 7.96. The number of hydrogen-bond acceptors (Lipinski definition) is 2. The van der Waals surface area contributed by atoms with Crippen LogP contribution < -0.4 is 0 Å². The molecule has 1 N–H and O–H groups in total. The SMILES string of the molecule is CCC#CCN1CCCN(C(=O)c2c[nH]c3ccccc23)CC1. The summed E-state index contributed by atoms with van der Waals surface area (Å²) in [4.78, 5) is 20.4. The normalized spacial score (nSPS) is 16.0. The van der Waals surface area contributed by atoms with Gasteiger partial charge in [0.1, 0.15) is 0 Å². The number of fused-ring (bicyclic) bond motifs is 1. The number of aromatic nitrogens is 1. The highest BCUT2D eigenvalue weighted by molar-refractivity contribution is 6.06. The van der Waals surface area contributed by atoms with Gasteiger partial charge in [-0.05, 0) is 12.5 Å². The Hall–Kier alpha value is -2.25. The molecule has 0 aliphatic carbocycles. The van der Waals surface area contributed by atoms with E-state index in [9.17, 15) is 4.79 Å². The smallest absolute Gasteiger partial charge is 0.256 e. The molecule has 0 saturated carbocycles. The largest absolute Gasteiger partial charge is 0.360 e. The first-order valence-corrected chi connectivity index (χ1v) is 8.33. The standard InChI is InChI=1S/C19H23N3O/c1-2-3-6-10-21-11-7-12-22(14-13-21)19(23)17-15-20-18-9-5-4-8-16(17)18/h4-5,8-9,15,20H,2,7,10-14H2,1H3. The van der Waals surface area contributed by atoms with Crippen molar-refractivity contribution in [1.82, 2.24) is 14.8 Å². The summed E-state index contributed by atoms with van der Waals surface area (Å²) in [5, 5.41) is 1.01. The highest BCUT2D eigenvalue weighted by atomic mass is 16.2. The molecule has 1 saturated heterocycles. The van der Waals surface area contributed by atoms with Crippen LogP contribution in [0.15, 0.2) is 30.5 Å². The zero-order valence-electron chi connectivity index (χ0n) is 13.6. The van der Waals surface area contributed by atoms with Gasteiger partial charge in [0.2, 0.25) is 0 Å². The highest BCUT2D eigenvalue weighted by Crippen LogP contribution is 2.20. The maximum absolute atomic E-state index is 12.9. The first kappa shape index (κ1) is 15.6. The van der Waals surface area contributed by atoms with Crippen LogP contribution in [-0.2, 0) is 0 Å². The van der Waals surface area contributed by atoms with Crippen molar-refractivity contribution in [2.24, 2.45) is 0 Å². The van der Waals surface area contributed by atoms with Gasteiger partial charge in [-0.3, -0.25) is 9.69 Å². The average molecular weight is 309 g/mol. The van der Waals surface area contributed by atoms with Crippen LogP contribution in [-0.4, -0.2) is 53.4 Å². The van der Waals surface area contributed by atoms with Gasteiger partial charge in [0.05, 0.1) is 12.1 Å². The molecule has 3 rings (SSSR count). The van der Waals surface area contributed by atoms with E-state index in [2.05, 4.69) is 28.6 Å². The van der Waals surface area contributed by atoms with Crippen LogP contribution in [0.5, 0.6) is 0 Å². The van der Waals surface area contributed by atoms with Crippen LogP contribution in [0, 0.1) is 11.8 Å². The Labute approximate surface area is 137 Å². The maximum Gasteiger partial charge on any atom is 0.256 e. The maximum atomic E-state index is 12.9. The highest BCUT2D eigenvalue weighted by Gasteiger charge is 2.21. The van der Waals surface area contributed by atoms with Crippen LogP contribution in [0.3, 0.4) is 0 Å². The Morgan fingerprint density at radius 3 is 2.91 bits per heavy atom. The van der Waals surface area contributed by atoms with E-state index in [0.29, 0.717) is 0 Å². The van der Waals surface area contributed by atoms with Crippen LogP contribution in [0.25, 0.3) is 10.9 Å². The van der Waals surface area contributed by atoms with E-state index in [4.69, 9.17) is 0 Å². The molecule has 4 nitrogen and oxygen atoms in total. The summed E-state index contributed by atoms with van der Waals surface area (Å²) in [5.41, 5.74) is 1.79. The summed E-state index contributed by atoms with van der Waals surface area (Å²) in [5.74, 6) is 6.44. The number of amides is 1. The molecule has 1 aromatic heterocycles. The van der Waals surface area contributed by atoms with Crippen LogP contribution in [0.4, 0.5) is 0 Å². The van der Waals surface area contributed by atoms with Gasteiger partial charge >= 0.3 is 0 Å². The Morgan fingerprint density at radius 2 is 2.04 bits per heavy atom. The number of para-hydroxylation sites is 1. The molecule has 23 heavy (non-hydrogen) atoms. The van der Waals surface area contributed by atoms with Crippen molar-refractivity contribution in [1.29, 1.82) is 0 Å². The summed E-state index contributed by atoms with van der Waals surface area (Å²) >= 11 is 0. The molecular formula is C19H23N3O. The lowest BCUT2D eigenvalue weighted by atomic mass is 10.1. The molecule has 1 amide bonds. The summed E-state index contributed by atoms with van der Waals surface area (Å²) in [7, 11) is 0. The number of carbonyl (C=O) groups is 1. The second-order valence-electron chi connectivity index (χ2n) is 5.88. The lowest BCUT2D eigenvalue weighted by molar-refractivity contribution is 0.0764. The van der Waals surface area contributed by atoms with Crippen LogP contribution in [0.1, 0.15) is 30.1 Å². The van der Waals surface area contributed by atoms with Crippen molar-refractivity contribution in [2.75, 3.05) is 32.7 Å². The fourth-order valence-corrected chi connectivity index (χ4v) is 3.04. The van der Waals surface area contributed by atoms with Crippen molar-refractivity contribution in [3.05, 3.63) is 36.0 Å². The molecule has 0 unspecified atom stereocenters. The van der Waals surface area contributed by atoms with Gasteiger partial charge in [-0.25, -0.2) is 0 Å². The molecule has 2 heterocycles. The molecule has 2 aromatic rings. The molecule has 1 aromatic carbocycles. The number of H-pyrrole nitrogens is 1. The van der Waals surface area contributed by atoms with Gasteiger partial charge < -0.3 is 9.88 Å². The fourth-order valence-electron chi connectivity index (χ4n) is 3.04. The monoisotopic (exact) mass is 309 g/mol. The fraction of sp³-hybridized carbons (Fsp3) is 0.421. The van der Waals surface area contributed by atoms with Crippen molar-refractivity contribution in [3.63, 3.8) is 0 Å². The Kier molecular flexibility index (Phi) is 4.99. The van der Waals surface area contributed by atoms with E-state index in [0.717, 1.165) is 62.0 Å². The van der Waals surface area contributed by atoms with Crippen LogP contribution in [0.2, 0.25) is 0 Å². The number of carbonyl (C=O) groups excluding carboxylic acids is 1. The molecule has 0 radical (unpaired) electrons. The zero-order valence-corrected chi connectivity index (χ0v) is 13.6. The summed E-state index contributed by atoms with van der Waals surface area (Å²) in [6.07, 6.45) is 3.74. The van der Waals surface area contributed by atoms with Gasteiger partial charge in [-0.1, -0.05) is 31.0 Å². The van der Waals surface area contributed by atoms with E-state index in [1.807, 2.05) is 35.4 Å². The Morgan fingerprint density at radius 1 is 1.17 bits per heavy atom. The predicted octanol–water partition coefficient (Wildman–Crippen LogP) is 2.73. The van der Waals surface area contributed by atoms with Crippen LogP contribution >= 0.6 is 0 Å². The van der Waals surface area contributed by atoms with Crippen molar-refractivity contribution < 1.29 is 4.79 Å². The van der Waals surface area contributed by atoms with Gasteiger partial charge in [0.25, 0.3) is 5.91 Å². The molecule has 120 valence electrons. The molecule has 0 atom stereocenters. The molecular weight excluding hydrogens is 286 g/mol. The number of benzene rings is 1. The van der Waals surface area contributed by atoms with Gasteiger partial charge in [0.15, 0.2) is 0 Å². The number of aromatic amines is 1. The van der Waals surface area contributed by atoms with E-state index in [1.165, 1.54) is 0 Å². The molecule has 1 fully saturated rings. The average Bonchev–Trinajstić information content (AvgIpc) is 2.86. The summed E-state index contributed by atoms with van der Waals surface area (Å²) in [6.45, 7) is 6.37. The van der Waals surface area contributed by atoms with Gasteiger partial charge in [-0.2, -0.15) is 0 Å². The molecule has 0 bridgehead atoms. The van der Waals surface area contributed by atoms with E-state index in [-0.39, 0.29) is 5.91 Å². The third-order valence-corrected chi connectivity index (χ3v) is 4.30. The first-order chi connectivity index (χ1) is 11.3. The van der Waals surface area contributed by atoms with E-state index in [1.54, 1.807) is 0 Å². The summed E-state index contributed by atoms with van der Waals surface area (Å²) < 4.78 is 0. The lowest BCUT2D eigenvalue weighted by Gasteiger charge is -2.20. The van der Waals surface area contributed by atoms with Crippen molar-refractivity contribution in [2.45, 2.75) is 19.8 Å². The molecule has 1 aliphatic rings. The Balaban J connectivity index is 1.68. The molecule has 4 heteroatoms. The Bertz CT molecular complexity index is 738. The van der Waals surface area contributed by atoms with Gasteiger partial charge in [0, 0.05) is 49.7 Å². The second-order valence-corrected chi connectivity index (χ2v) is 5.88. The minimum Gasteiger partial charge on any atom is -0.360 e. The lowest BCUT2D eigenvalue weighted by Crippen LogP contribution is -2.35. The minimum atomic E-state index is 0.129. The van der Waals surface area contributed by atoms with E-state index >= 15 is 0 Å². The topological polar surface area (TPSA) is 39.3 Å². The quantitative estimate of drug-likeness (QED) is 0.867. The number of hydrogen-bond donors (Lipinski definition) is 1. The van der Waals surface area contributed by atoms with E-state index < -0.39 is 0 Å². The first-order valence-electron chi connectivity index (χ1n) is 8.33. The minimum absolute atomic E-state index is 0.129. The van der Waals surface area contributed by atoms with Gasteiger partial charge in [-0.15, -0.1) is 5.92 Å².